The Labute approximate surface area is 270 Å². The van der Waals surface area contributed by atoms with Crippen molar-refractivity contribution >= 4 is 74.9 Å². The number of esters is 1. The number of halogens is 2. The molecular formula is C31H23Cl2N3O6S2. The number of methoxy groups -OCH3 is 1. The van der Waals surface area contributed by atoms with Crippen molar-refractivity contribution in [2.75, 3.05) is 12.0 Å². The van der Waals surface area contributed by atoms with Crippen LogP contribution >= 0.6 is 46.3 Å². The molecule has 3 heterocycles. The van der Waals surface area contributed by atoms with E-state index in [1.54, 1.807) is 42.5 Å². The maximum Gasteiger partial charge on any atom is 0.337 e. The first-order valence-electron chi connectivity index (χ1n) is 13.3. The SMILES string of the molecule is COC(=O)c1ccc([C@@H]2/C(=C(\O)c3ccc4c(c3)C[C@@H](C)O4)C(=O)C(=O)N2c2nnc(SCc3ccc(Cl)cc3Cl)s2)cc1. The van der Waals surface area contributed by atoms with Crippen LogP contribution in [0, 0.1) is 0 Å². The van der Waals surface area contributed by atoms with Crippen LogP contribution in [-0.2, 0) is 26.5 Å². The number of hydrogen-bond donors (Lipinski definition) is 1. The minimum Gasteiger partial charge on any atom is -0.507 e. The Hall–Kier alpha value is -3.90. The number of Topliss-reactive ketones (excluding diaryl/α,β-unsaturated/α-hetero) is 1. The van der Waals surface area contributed by atoms with Gasteiger partial charge in [0.2, 0.25) is 5.13 Å². The normalized spacial score (nSPS) is 18.8. The van der Waals surface area contributed by atoms with E-state index < -0.39 is 23.7 Å². The zero-order chi connectivity index (χ0) is 31.1. The molecule has 2 aliphatic rings. The van der Waals surface area contributed by atoms with Crippen LogP contribution in [0.1, 0.15) is 45.6 Å². The Morgan fingerprint density at radius 1 is 1.09 bits per heavy atom. The number of anilines is 1. The molecule has 0 radical (unpaired) electrons. The number of carbonyl (C=O) groups excluding carboxylic acids is 3. The number of hydrogen-bond acceptors (Lipinski definition) is 10. The quantitative estimate of drug-likeness (QED) is 0.0562. The predicted molar refractivity (Wildman–Crippen MR) is 169 cm³/mol. The molecule has 13 heteroatoms. The number of carbonyl (C=O) groups is 3. The molecule has 44 heavy (non-hydrogen) atoms. The van der Waals surface area contributed by atoms with E-state index in [0.29, 0.717) is 43.4 Å². The number of aliphatic hydroxyl groups excluding tert-OH is 1. The zero-order valence-electron chi connectivity index (χ0n) is 23.2. The molecule has 6 rings (SSSR count). The van der Waals surface area contributed by atoms with Gasteiger partial charge in [0.05, 0.1) is 24.3 Å². The second-order valence-electron chi connectivity index (χ2n) is 10.1. The van der Waals surface area contributed by atoms with E-state index in [1.807, 2.05) is 13.0 Å². The van der Waals surface area contributed by atoms with Gasteiger partial charge in [-0.25, -0.2) is 4.79 Å². The van der Waals surface area contributed by atoms with Crippen molar-refractivity contribution in [1.29, 1.82) is 0 Å². The number of aliphatic hydroxyl groups is 1. The second-order valence-corrected chi connectivity index (χ2v) is 13.1. The average Bonchev–Trinajstić information content (AvgIpc) is 3.70. The Morgan fingerprint density at radius 2 is 1.84 bits per heavy atom. The minimum absolute atomic E-state index is 0.0125. The second kappa shape index (κ2) is 12.2. The molecule has 0 aliphatic carbocycles. The van der Waals surface area contributed by atoms with Gasteiger partial charge in [0.25, 0.3) is 5.78 Å². The highest BCUT2D eigenvalue weighted by Gasteiger charge is 2.48. The van der Waals surface area contributed by atoms with Crippen molar-refractivity contribution in [3.05, 3.63) is 104 Å². The van der Waals surface area contributed by atoms with Gasteiger partial charge < -0.3 is 14.6 Å². The average molecular weight is 669 g/mol. The van der Waals surface area contributed by atoms with Crippen molar-refractivity contribution in [3.63, 3.8) is 0 Å². The van der Waals surface area contributed by atoms with Crippen LogP contribution in [0.15, 0.2) is 70.6 Å². The molecule has 2 aliphatic heterocycles. The van der Waals surface area contributed by atoms with Gasteiger partial charge in [-0.2, -0.15) is 0 Å². The highest BCUT2D eigenvalue weighted by Crippen LogP contribution is 2.45. The molecule has 1 amide bonds. The topological polar surface area (TPSA) is 119 Å². The summed E-state index contributed by atoms with van der Waals surface area (Å²) in [4.78, 5) is 40.5. The Kier molecular flexibility index (Phi) is 8.38. The molecule has 1 aromatic heterocycles. The highest BCUT2D eigenvalue weighted by molar-refractivity contribution is 8.00. The van der Waals surface area contributed by atoms with Crippen molar-refractivity contribution in [1.82, 2.24) is 10.2 Å². The first-order chi connectivity index (χ1) is 21.1. The lowest BCUT2D eigenvalue weighted by molar-refractivity contribution is -0.132. The van der Waals surface area contributed by atoms with E-state index in [1.165, 1.54) is 35.9 Å². The number of thioether (sulfide) groups is 1. The summed E-state index contributed by atoms with van der Waals surface area (Å²) in [5.74, 6) is -1.41. The minimum atomic E-state index is -1.04. The summed E-state index contributed by atoms with van der Waals surface area (Å²) in [5, 5.41) is 21.2. The number of rotatable bonds is 7. The number of benzene rings is 3. The summed E-state index contributed by atoms with van der Waals surface area (Å²) >= 11 is 14.8. The third kappa shape index (κ3) is 5.68. The molecule has 1 fully saturated rings. The summed E-state index contributed by atoms with van der Waals surface area (Å²) in [6.07, 6.45) is 0.636. The molecule has 0 bridgehead atoms. The summed E-state index contributed by atoms with van der Waals surface area (Å²) in [5.41, 5.74) is 2.78. The van der Waals surface area contributed by atoms with Gasteiger partial charge in [-0.1, -0.05) is 64.5 Å². The Bertz CT molecular complexity index is 1840. The number of aromatic nitrogens is 2. The molecule has 3 aromatic carbocycles. The molecule has 0 unspecified atom stereocenters. The van der Waals surface area contributed by atoms with Crippen molar-refractivity contribution < 1.29 is 29.0 Å². The van der Waals surface area contributed by atoms with Gasteiger partial charge in [-0.15, -0.1) is 10.2 Å². The maximum atomic E-state index is 13.6. The molecule has 1 saturated heterocycles. The van der Waals surface area contributed by atoms with Crippen LogP contribution in [0.25, 0.3) is 5.76 Å². The summed E-state index contributed by atoms with van der Waals surface area (Å²) in [6, 6.07) is 15.6. The standard InChI is InChI=1S/C31H23Cl2N3O6S2/c1-15-11-20-12-18(8-10-23(20)42-15)26(37)24-25(16-3-5-17(6-4-16)29(40)41-2)36(28(39)27(24)38)30-34-35-31(44-30)43-14-19-7-9-21(32)13-22(19)33/h3-10,12-13,15,25,37H,11,14H2,1-2H3/b26-24+/t15-,25-/m1/s1. The van der Waals surface area contributed by atoms with Gasteiger partial charge in [0, 0.05) is 27.8 Å². The van der Waals surface area contributed by atoms with Crippen LogP contribution in [0.3, 0.4) is 0 Å². The number of ether oxygens (including phenoxy) is 2. The molecule has 0 spiro atoms. The van der Waals surface area contributed by atoms with Crippen LogP contribution in [0.4, 0.5) is 5.13 Å². The third-order valence-electron chi connectivity index (χ3n) is 7.23. The fourth-order valence-electron chi connectivity index (χ4n) is 5.13. The van der Waals surface area contributed by atoms with E-state index in [4.69, 9.17) is 32.7 Å². The molecule has 224 valence electrons. The largest absolute Gasteiger partial charge is 0.507 e. The summed E-state index contributed by atoms with van der Waals surface area (Å²) < 4.78 is 11.1. The van der Waals surface area contributed by atoms with E-state index in [0.717, 1.165) is 22.5 Å². The number of fused-ring (bicyclic) bond motifs is 1. The van der Waals surface area contributed by atoms with Gasteiger partial charge in [-0.3, -0.25) is 14.5 Å². The van der Waals surface area contributed by atoms with Crippen LogP contribution < -0.4 is 9.64 Å². The Balaban J connectivity index is 1.39. The number of amides is 1. The number of ketones is 1. The smallest absolute Gasteiger partial charge is 0.337 e. The fraction of sp³-hybridized carbons (Fsp3) is 0.194. The van der Waals surface area contributed by atoms with Crippen LogP contribution in [-0.4, -0.2) is 46.2 Å². The lowest BCUT2D eigenvalue weighted by Crippen LogP contribution is -2.29. The fourth-order valence-corrected chi connectivity index (χ4v) is 7.55. The summed E-state index contributed by atoms with van der Waals surface area (Å²) in [6.45, 7) is 1.95. The Morgan fingerprint density at radius 3 is 2.57 bits per heavy atom. The lowest BCUT2D eigenvalue weighted by atomic mass is 9.94. The van der Waals surface area contributed by atoms with E-state index in [2.05, 4.69) is 10.2 Å². The first-order valence-corrected chi connectivity index (χ1v) is 15.9. The summed E-state index contributed by atoms with van der Waals surface area (Å²) in [7, 11) is 1.28. The lowest BCUT2D eigenvalue weighted by Gasteiger charge is -2.22. The highest BCUT2D eigenvalue weighted by atomic mass is 35.5. The van der Waals surface area contributed by atoms with Crippen LogP contribution in [0.2, 0.25) is 10.0 Å². The van der Waals surface area contributed by atoms with Crippen molar-refractivity contribution in [2.24, 2.45) is 0 Å². The van der Waals surface area contributed by atoms with Crippen molar-refractivity contribution in [2.45, 2.75) is 35.6 Å². The van der Waals surface area contributed by atoms with Gasteiger partial charge in [0.1, 0.15) is 17.6 Å². The molecule has 4 aromatic rings. The van der Waals surface area contributed by atoms with E-state index in [-0.39, 0.29) is 28.1 Å². The van der Waals surface area contributed by atoms with Gasteiger partial charge >= 0.3 is 11.9 Å². The van der Waals surface area contributed by atoms with Gasteiger partial charge in [0.15, 0.2) is 4.34 Å². The van der Waals surface area contributed by atoms with Crippen LogP contribution in [0.5, 0.6) is 5.75 Å². The van der Waals surface area contributed by atoms with Gasteiger partial charge in [-0.05, 0) is 66.1 Å². The molecule has 1 N–H and O–H groups in total. The number of nitrogens with zero attached hydrogens (tertiary/aromatic N) is 3. The molecule has 0 saturated carbocycles. The van der Waals surface area contributed by atoms with E-state index >= 15 is 0 Å². The van der Waals surface area contributed by atoms with E-state index in [9.17, 15) is 19.5 Å². The zero-order valence-corrected chi connectivity index (χ0v) is 26.4. The maximum absolute atomic E-state index is 13.6. The van der Waals surface area contributed by atoms with Crippen molar-refractivity contribution in [3.8, 4) is 5.75 Å². The third-order valence-corrected chi connectivity index (χ3v) is 9.92. The molecule has 9 nitrogen and oxygen atoms in total. The predicted octanol–water partition coefficient (Wildman–Crippen LogP) is 6.87. The first kappa shape index (κ1) is 30.1. The molecule has 2 atom stereocenters. The monoisotopic (exact) mass is 667 g/mol. The molecular weight excluding hydrogens is 645 g/mol.